The van der Waals surface area contributed by atoms with Crippen LogP contribution in [0, 0.1) is 11.3 Å². The summed E-state index contributed by atoms with van der Waals surface area (Å²) in [5, 5.41) is 17.0. The molecule has 2 N–H and O–H groups in total. The third-order valence-corrected chi connectivity index (χ3v) is 4.65. The van der Waals surface area contributed by atoms with Crippen molar-refractivity contribution in [3.8, 4) is 51.6 Å². The third-order valence-electron chi connectivity index (χ3n) is 4.65. The summed E-state index contributed by atoms with van der Waals surface area (Å²) < 4.78 is 17.0. The zero-order valence-corrected chi connectivity index (χ0v) is 16.4. The molecule has 150 valence electrons. The van der Waals surface area contributed by atoms with Gasteiger partial charge in [-0.05, 0) is 58.8 Å². The molecular weight excluding hydrogens is 384 g/mol. The molecule has 0 atom stereocenters. The van der Waals surface area contributed by atoms with Gasteiger partial charge in [0, 0.05) is 11.1 Å². The average molecular weight is 402 g/mol. The first-order chi connectivity index (χ1) is 14.7. The number of imidazole rings is 1. The normalized spacial score (nSPS) is 10.6. The predicted octanol–water partition coefficient (Wildman–Crippen LogP) is 3.39. The number of rotatable bonds is 6. The number of nitrogen functional groups attached to an aromatic ring is 1. The van der Waals surface area contributed by atoms with Gasteiger partial charge in [-0.25, -0.2) is 9.61 Å². The van der Waals surface area contributed by atoms with Gasteiger partial charge in [0.25, 0.3) is 0 Å². The molecular formula is C21H18N6O3. The van der Waals surface area contributed by atoms with E-state index in [0.29, 0.717) is 11.5 Å². The number of ether oxygens (including phenoxy) is 2. The van der Waals surface area contributed by atoms with Crippen molar-refractivity contribution in [3.05, 3.63) is 48.5 Å². The van der Waals surface area contributed by atoms with Crippen LogP contribution in [-0.4, -0.2) is 34.1 Å². The van der Waals surface area contributed by atoms with Crippen LogP contribution in [0.15, 0.2) is 53.2 Å². The van der Waals surface area contributed by atoms with Gasteiger partial charge in [-0.1, -0.05) is 0 Å². The molecule has 0 aliphatic rings. The molecule has 0 saturated heterocycles. The number of hydrogen-bond donors (Lipinski definition) is 1. The first-order valence-electron chi connectivity index (χ1n) is 9.01. The van der Waals surface area contributed by atoms with E-state index in [9.17, 15) is 5.26 Å². The quantitative estimate of drug-likeness (QED) is 0.520. The van der Waals surface area contributed by atoms with Gasteiger partial charge in [0.05, 0.1) is 31.7 Å². The summed E-state index contributed by atoms with van der Waals surface area (Å²) in [5.41, 5.74) is 9.29. The molecule has 0 spiro atoms. The molecule has 0 amide bonds. The highest BCUT2D eigenvalue weighted by Crippen LogP contribution is 2.37. The van der Waals surface area contributed by atoms with Crippen LogP contribution in [0.2, 0.25) is 0 Å². The Morgan fingerprint density at radius 1 is 0.933 bits per heavy atom. The van der Waals surface area contributed by atoms with Gasteiger partial charge in [-0.2, -0.15) is 5.26 Å². The lowest BCUT2D eigenvalue weighted by molar-refractivity contribution is 0.310. The molecule has 0 aliphatic heterocycles. The number of nitriles is 1. The summed E-state index contributed by atoms with van der Waals surface area (Å²) in [7, 11) is 3.22. The lowest BCUT2D eigenvalue weighted by Gasteiger charge is -2.10. The Morgan fingerprint density at radius 2 is 1.53 bits per heavy atom. The van der Waals surface area contributed by atoms with E-state index >= 15 is 0 Å². The number of benzene rings is 2. The fraction of sp³-hybridized carbons (Fsp3) is 0.143. The molecule has 0 fully saturated rings. The van der Waals surface area contributed by atoms with Crippen molar-refractivity contribution >= 4 is 5.82 Å². The maximum Gasteiger partial charge on any atom is 0.199 e. The number of nitrogens with zero attached hydrogens (tertiary/aromatic N) is 5. The summed E-state index contributed by atoms with van der Waals surface area (Å²) in [6.07, 6.45) is 0. The minimum atomic E-state index is 0.0339. The maximum absolute atomic E-state index is 9.49. The Balaban J connectivity index is 1.99. The smallest absolute Gasteiger partial charge is 0.199 e. The maximum atomic E-state index is 9.49. The number of nitrogens with two attached hydrogens (primary N) is 1. The molecule has 0 aliphatic carbocycles. The van der Waals surface area contributed by atoms with Crippen LogP contribution in [-0.2, 0) is 6.54 Å². The second-order valence-electron chi connectivity index (χ2n) is 6.33. The highest BCUT2D eigenvalue weighted by atomic mass is 16.6. The summed E-state index contributed by atoms with van der Waals surface area (Å²) in [6, 6.07) is 17.2. The van der Waals surface area contributed by atoms with E-state index in [1.165, 1.54) is 0 Å². The molecule has 2 aromatic carbocycles. The number of hydrogen-bond acceptors (Lipinski definition) is 8. The lowest BCUT2D eigenvalue weighted by atomic mass is 10.0. The average Bonchev–Trinajstić information content (AvgIpc) is 3.37. The van der Waals surface area contributed by atoms with E-state index in [-0.39, 0.29) is 18.1 Å². The fourth-order valence-electron chi connectivity index (χ4n) is 3.20. The van der Waals surface area contributed by atoms with Crippen LogP contribution < -0.4 is 15.2 Å². The Bertz CT molecular complexity index is 1200. The van der Waals surface area contributed by atoms with Crippen molar-refractivity contribution < 1.29 is 14.1 Å². The van der Waals surface area contributed by atoms with Crippen molar-refractivity contribution in [3.63, 3.8) is 0 Å². The molecule has 0 unspecified atom stereocenters. The summed E-state index contributed by atoms with van der Waals surface area (Å²) in [4.78, 5) is 4.77. The standard InChI is InChI=1S/C21H18N6O3/c1-28-15-7-3-13(4-8-15)17-19(14-5-9-16(29-2)10-6-14)27(12-11-22)21(24-17)18-20(23)26-30-25-18/h3-10H,12H2,1-2H3,(H2,23,26). The van der Waals surface area contributed by atoms with Crippen molar-refractivity contribution in [2.45, 2.75) is 6.54 Å². The van der Waals surface area contributed by atoms with Gasteiger partial charge in [0.15, 0.2) is 17.3 Å². The first-order valence-corrected chi connectivity index (χ1v) is 9.01. The summed E-state index contributed by atoms with van der Waals surface area (Å²) in [6.45, 7) is 0.0339. The van der Waals surface area contributed by atoms with Gasteiger partial charge in [-0.3, -0.25) is 0 Å². The molecule has 2 aromatic heterocycles. The largest absolute Gasteiger partial charge is 0.497 e. The predicted molar refractivity (Wildman–Crippen MR) is 110 cm³/mol. The zero-order valence-electron chi connectivity index (χ0n) is 16.4. The van der Waals surface area contributed by atoms with Gasteiger partial charge in [0.1, 0.15) is 18.0 Å². The topological polar surface area (TPSA) is 125 Å². The Labute approximate surface area is 172 Å². The zero-order chi connectivity index (χ0) is 21.1. The van der Waals surface area contributed by atoms with Crippen LogP contribution in [0.1, 0.15) is 0 Å². The van der Waals surface area contributed by atoms with Gasteiger partial charge in [0.2, 0.25) is 0 Å². The molecule has 4 rings (SSSR count). The van der Waals surface area contributed by atoms with Crippen molar-refractivity contribution in [2.24, 2.45) is 0 Å². The Hall–Kier alpha value is -4.32. The molecule has 0 radical (unpaired) electrons. The lowest BCUT2D eigenvalue weighted by Crippen LogP contribution is -2.03. The van der Waals surface area contributed by atoms with E-state index in [1.54, 1.807) is 18.8 Å². The van der Waals surface area contributed by atoms with E-state index in [4.69, 9.17) is 24.8 Å². The molecule has 4 aromatic rings. The minimum absolute atomic E-state index is 0.0339. The van der Waals surface area contributed by atoms with E-state index in [0.717, 1.165) is 28.3 Å². The van der Waals surface area contributed by atoms with Crippen LogP contribution >= 0.6 is 0 Å². The molecule has 0 saturated carbocycles. The Kier molecular flexibility index (Phi) is 5.05. The monoisotopic (exact) mass is 402 g/mol. The second-order valence-corrected chi connectivity index (χ2v) is 6.33. The third kappa shape index (κ3) is 3.31. The Morgan fingerprint density at radius 3 is 2.03 bits per heavy atom. The minimum Gasteiger partial charge on any atom is -0.497 e. The molecule has 9 heteroatoms. The van der Waals surface area contributed by atoms with Crippen LogP contribution in [0.25, 0.3) is 34.0 Å². The fourth-order valence-corrected chi connectivity index (χ4v) is 3.20. The molecule has 30 heavy (non-hydrogen) atoms. The number of aromatic nitrogens is 4. The van der Waals surface area contributed by atoms with Gasteiger partial charge >= 0.3 is 0 Å². The van der Waals surface area contributed by atoms with Gasteiger partial charge in [-0.15, -0.1) is 0 Å². The van der Waals surface area contributed by atoms with Crippen LogP contribution in [0.4, 0.5) is 5.82 Å². The van der Waals surface area contributed by atoms with Crippen molar-refractivity contribution in [1.29, 1.82) is 5.26 Å². The van der Waals surface area contributed by atoms with Gasteiger partial charge < -0.3 is 19.8 Å². The molecule has 0 bridgehead atoms. The van der Waals surface area contributed by atoms with Crippen LogP contribution in [0.5, 0.6) is 11.5 Å². The number of anilines is 1. The first kappa shape index (κ1) is 19.0. The van der Waals surface area contributed by atoms with Crippen LogP contribution in [0.3, 0.4) is 0 Å². The van der Waals surface area contributed by atoms with Crippen molar-refractivity contribution in [1.82, 2.24) is 19.9 Å². The highest BCUT2D eigenvalue weighted by molar-refractivity contribution is 5.83. The van der Waals surface area contributed by atoms with Crippen molar-refractivity contribution in [2.75, 3.05) is 20.0 Å². The SMILES string of the molecule is COc1ccc(-c2nc(-c3nonc3N)n(CC#N)c2-c2ccc(OC)cc2)cc1. The summed E-state index contributed by atoms with van der Waals surface area (Å²) >= 11 is 0. The molecule has 2 heterocycles. The van der Waals surface area contributed by atoms with E-state index in [1.807, 2.05) is 48.5 Å². The number of methoxy groups -OCH3 is 2. The molecule has 9 nitrogen and oxygen atoms in total. The van der Waals surface area contributed by atoms with E-state index in [2.05, 4.69) is 16.4 Å². The van der Waals surface area contributed by atoms with E-state index < -0.39 is 0 Å². The summed E-state index contributed by atoms with van der Waals surface area (Å²) in [5.74, 6) is 1.95. The second kappa shape index (κ2) is 7.97. The highest BCUT2D eigenvalue weighted by Gasteiger charge is 2.24.